The van der Waals surface area contributed by atoms with Crippen LogP contribution in [0.3, 0.4) is 0 Å². The van der Waals surface area contributed by atoms with Crippen LogP contribution in [0.1, 0.15) is 47.5 Å². The molecule has 0 aromatic carbocycles. The van der Waals surface area contributed by atoms with Crippen molar-refractivity contribution in [1.29, 1.82) is 0 Å². The van der Waals surface area contributed by atoms with E-state index in [1.807, 2.05) is 0 Å². The Morgan fingerprint density at radius 2 is 1.38 bits per heavy atom. The third-order valence-electron chi connectivity index (χ3n) is 3.75. The van der Waals surface area contributed by atoms with Crippen molar-refractivity contribution in [2.45, 2.75) is 58.5 Å². The summed E-state index contributed by atoms with van der Waals surface area (Å²) in [6.07, 6.45) is 2.73. The zero-order valence-corrected chi connectivity index (χ0v) is 12.1. The van der Waals surface area contributed by atoms with Crippen molar-refractivity contribution >= 4 is 8.25 Å². The molecular formula is C11H26NO3P+2. The summed E-state index contributed by atoms with van der Waals surface area (Å²) in [5.74, 6) is 0.888. The molecule has 16 heavy (non-hydrogen) atoms. The minimum Gasteiger partial charge on any atom is -0.329 e. The molecule has 96 valence electrons. The van der Waals surface area contributed by atoms with Crippen LogP contribution in [0.15, 0.2) is 0 Å². The first-order valence-electron chi connectivity index (χ1n) is 5.68. The monoisotopic (exact) mass is 251 g/mol. The molecule has 1 rings (SSSR count). The number of rotatable bonds is 0. The molecule has 0 saturated carbocycles. The minimum absolute atomic E-state index is 0.459. The molecule has 1 aliphatic rings. The number of quaternary nitrogens is 1. The minimum atomic E-state index is -2.87. The average molecular weight is 251 g/mol. The Balaban J connectivity index is 0.000000487. The number of likely N-dealkylation sites (tertiary alicyclic amines) is 1. The van der Waals surface area contributed by atoms with Crippen molar-refractivity contribution in [3.8, 4) is 0 Å². The molecule has 0 unspecified atom stereocenters. The molecule has 0 amide bonds. The summed E-state index contributed by atoms with van der Waals surface area (Å²) < 4.78 is 8.70. The lowest BCUT2D eigenvalue weighted by Crippen LogP contribution is -3.24. The van der Waals surface area contributed by atoms with E-state index < -0.39 is 8.25 Å². The van der Waals surface area contributed by atoms with E-state index in [0.29, 0.717) is 11.1 Å². The van der Waals surface area contributed by atoms with Gasteiger partial charge in [-0.3, -0.25) is 0 Å². The van der Waals surface area contributed by atoms with Crippen LogP contribution in [-0.2, 0) is 4.57 Å². The van der Waals surface area contributed by atoms with Gasteiger partial charge in [-0.1, -0.05) is 6.92 Å². The van der Waals surface area contributed by atoms with E-state index in [-0.39, 0.29) is 0 Å². The van der Waals surface area contributed by atoms with Crippen molar-refractivity contribution in [2.24, 2.45) is 5.92 Å². The molecule has 1 heterocycles. The highest BCUT2D eigenvalue weighted by Crippen LogP contribution is 2.27. The van der Waals surface area contributed by atoms with Gasteiger partial charge in [0.25, 0.3) is 0 Å². The van der Waals surface area contributed by atoms with Gasteiger partial charge in [0.2, 0.25) is 0 Å². The van der Waals surface area contributed by atoms with E-state index in [1.165, 1.54) is 12.8 Å². The molecule has 0 bridgehead atoms. The molecule has 0 radical (unpaired) electrons. The van der Waals surface area contributed by atoms with Crippen LogP contribution >= 0.6 is 8.25 Å². The molecule has 5 heteroatoms. The molecule has 4 nitrogen and oxygen atoms in total. The maximum atomic E-state index is 8.70. The largest absolute Gasteiger partial charge is 0.692 e. The second-order valence-electron chi connectivity index (χ2n) is 6.16. The van der Waals surface area contributed by atoms with Gasteiger partial charge in [-0.15, -0.1) is 9.79 Å². The summed E-state index contributed by atoms with van der Waals surface area (Å²) in [6.45, 7) is 11.9. The molecule has 1 fully saturated rings. The van der Waals surface area contributed by atoms with Crippen LogP contribution in [0.5, 0.6) is 0 Å². The Bertz CT molecular complexity index is 232. The fourth-order valence-electron chi connectivity index (χ4n) is 3.04. The first kappa shape index (κ1) is 16.0. The Morgan fingerprint density at radius 1 is 1.12 bits per heavy atom. The van der Waals surface area contributed by atoms with Gasteiger partial charge >= 0.3 is 8.25 Å². The van der Waals surface area contributed by atoms with E-state index in [0.717, 1.165) is 5.92 Å². The van der Waals surface area contributed by atoms with Gasteiger partial charge in [0.05, 0.1) is 18.1 Å². The summed E-state index contributed by atoms with van der Waals surface area (Å²) >= 11 is 0. The molecule has 1 saturated heterocycles. The van der Waals surface area contributed by atoms with Crippen LogP contribution < -0.4 is 4.90 Å². The van der Waals surface area contributed by atoms with Crippen molar-refractivity contribution in [3.63, 3.8) is 0 Å². The molecule has 0 aromatic heterocycles. The highest BCUT2D eigenvalue weighted by atomic mass is 31.1. The second-order valence-corrected chi connectivity index (χ2v) is 6.66. The Labute approximate surface area is 99.6 Å². The second kappa shape index (κ2) is 5.54. The number of piperidine rings is 1. The van der Waals surface area contributed by atoms with E-state index in [9.17, 15) is 0 Å². The summed E-state index contributed by atoms with van der Waals surface area (Å²) in [7, 11) is -0.531. The van der Waals surface area contributed by atoms with Gasteiger partial charge in [0, 0.05) is 17.4 Å². The maximum absolute atomic E-state index is 8.70. The molecular weight excluding hydrogens is 225 g/mol. The summed E-state index contributed by atoms with van der Waals surface area (Å²) in [5, 5.41) is 0. The highest BCUT2D eigenvalue weighted by Gasteiger charge is 2.45. The zero-order chi connectivity index (χ0) is 13.1. The van der Waals surface area contributed by atoms with E-state index in [4.69, 9.17) is 14.4 Å². The van der Waals surface area contributed by atoms with Crippen LogP contribution in [0.2, 0.25) is 0 Å². The normalized spacial score (nSPS) is 31.2. The maximum Gasteiger partial charge on any atom is 0.692 e. The van der Waals surface area contributed by atoms with Crippen molar-refractivity contribution in [1.82, 2.24) is 0 Å². The van der Waals surface area contributed by atoms with Crippen LogP contribution in [-0.4, -0.2) is 27.9 Å². The fraction of sp³-hybridized carbons (Fsp3) is 1.00. The van der Waals surface area contributed by atoms with Gasteiger partial charge in [-0.05, 0) is 33.6 Å². The van der Waals surface area contributed by atoms with Crippen molar-refractivity contribution in [2.75, 3.05) is 7.05 Å². The van der Waals surface area contributed by atoms with Crippen LogP contribution in [0.25, 0.3) is 0 Å². The van der Waals surface area contributed by atoms with Gasteiger partial charge < -0.3 is 4.90 Å². The summed E-state index contributed by atoms with van der Waals surface area (Å²) in [6, 6.07) is 0. The molecule has 0 aromatic rings. The lowest BCUT2D eigenvalue weighted by molar-refractivity contribution is -0.983. The SMILES string of the molecule is CC1CC(C)(C)[NH+](C)C(C)(C)C1.O=[P+](O)O. The first-order chi connectivity index (χ1) is 6.99. The van der Waals surface area contributed by atoms with E-state index in [1.54, 1.807) is 4.90 Å². The summed E-state index contributed by atoms with van der Waals surface area (Å²) in [5.41, 5.74) is 0.919. The van der Waals surface area contributed by atoms with Crippen molar-refractivity contribution in [3.05, 3.63) is 0 Å². The van der Waals surface area contributed by atoms with E-state index in [2.05, 4.69) is 41.7 Å². The zero-order valence-electron chi connectivity index (χ0n) is 11.2. The smallest absolute Gasteiger partial charge is 0.329 e. The Kier molecular flexibility index (Phi) is 5.54. The van der Waals surface area contributed by atoms with Crippen LogP contribution in [0, 0.1) is 5.92 Å². The highest BCUT2D eigenvalue weighted by molar-refractivity contribution is 7.30. The van der Waals surface area contributed by atoms with Crippen LogP contribution in [0.4, 0.5) is 0 Å². The first-order valence-corrected chi connectivity index (χ1v) is 6.85. The number of hydrogen-bond acceptors (Lipinski definition) is 1. The van der Waals surface area contributed by atoms with Gasteiger partial charge in [0.15, 0.2) is 0 Å². The third-order valence-corrected chi connectivity index (χ3v) is 3.75. The lowest BCUT2D eigenvalue weighted by Gasteiger charge is -2.49. The van der Waals surface area contributed by atoms with E-state index >= 15 is 0 Å². The summed E-state index contributed by atoms with van der Waals surface area (Å²) in [4.78, 5) is 15.9. The van der Waals surface area contributed by atoms with Gasteiger partial charge in [0.1, 0.15) is 0 Å². The number of nitrogens with one attached hydrogen (secondary N) is 1. The molecule has 0 atom stereocenters. The molecule has 1 aliphatic heterocycles. The predicted octanol–water partition coefficient (Wildman–Crippen LogP) is 1.12. The molecule has 0 aliphatic carbocycles. The van der Waals surface area contributed by atoms with Crippen molar-refractivity contribution < 1.29 is 19.3 Å². The fourth-order valence-corrected chi connectivity index (χ4v) is 3.04. The van der Waals surface area contributed by atoms with Gasteiger partial charge in [-0.2, -0.15) is 0 Å². The Morgan fingerprint density at radius 3 is 1.62 bits per heavy atom. The Hall–Kier alpha value is -0.0200. The number of hydrogen-bond donors (Lipinski definition) is 3. The topological polar surface area (TPSA) is 62.0 Å². The quantitative estimate of drug-likeness (QED) is 0.565. The average Bonchev–Trinajstić information content (AvgIpc) is 1.96. The molecule has 3 N–H and O–H groups in total. The molecule has 0 spiro atoms. The van der Waals surface area contributed by atoms with Gasteiger partial charge in [-0.25, -0.2) is 0 Å². The lowest BCUT2D eigenvalue weighted by atomic mass is 9.75. The predicted molar refractivity (Wildman–Crippen MR) is 65.5 cm³/mol. The third kappa shape index (κ3) is 4.88. The standard InChI is InChI=1S/C11H23N.HO3P/c1-9-7-10(2,3)12(6)11(4,5)8-9;1-4(2)3/h9H,7-8H2,1-6H3;(H-,1,2,3)/p+2.